The van der Waals surface area contributed by atoms with E-state index in [-0.39, 0.29) is 0 Å². The number of aliphatic hydroxyl groups excluding tert-OH is 1. The lowest BCUT2D eigenvalue weighted by molar-refractivity contribution is 0.117. The zero-order chi connectivity index (χ0) is 8.39. The van der Waals surface area contributed by atoms with Crippen LogP contribution in [0.25, 0.3) is 0 Å². The van der Waals surface area contributed by atoms with Gasteiger partial charge in [-0.2, -0.15) is 0 Å². The highest BCUT2D eigenvalue weighted by atomic mass is 16.3. The van der Waals surface area contributed by atoms with Crippen molar-refractivity contribution in [3.63, 3.8) is 0 Å². The fraction of sp³-hybridized carbons (Fsp3) is 1.00. The van der Waals surface area contributed by atoms with Gasteiger partial charge in [0, 0.05) is 19.7 Å². The quantitative estimate of drug-likeness (QED) is 0.684. The molecule has 12 heavy (non-hydrogen) atoms. The molecule has 0 unspecified atom stereocenters. The lowest BCUT2D eigenvalue weighted by atomic mass is 9.99. The van der Waals surface area contributed by atoms with Crippen LogP contribution in [0.5, 0.6) is 0 Å². The lowest BCUT2D eigenvalue weighted by Gasteiger charge is -2.31. The number of hydrogen-bond donors (Lipinski definition) is 1. The van der Waals surface area contributed by atoms with Crippen LogP contribution in [-0.2, 0) is 0 Å². The van der Waals surface area contributed by atoms with E-state index in [4.69, 9.17) is 5.11 Å². The highest BCUT2D eigenvalue weighted by Crippen LogP contribution is 2.31. The van der Waals surface area contributed by atoms with Crippen molar-refractivity contribution in [1.29, 1.82) is 0 Å². The van der Waals surface area contributed by atoms with Crippen molar-refractivity contribution in [3.05, 3.63) is 0 Å². The monoisotopic (exact) mass is 169 g/mol. The van der Waals surface area contributed by atoms with Crippen LogP contribution >= 0.6 is 0 Å². The maximum atomic E-state index is 9.03. The minimum Gasteiger partial charge on any atom is -0.396 e. The molecule has 2 aliphatic rings. The van der Waals surface area contributed by atoms with Gasteiger partial charge in [-0.1, -0.05) is 0 Å². The van der Waals surface area contributed by atoms with Crippen molar-refractivity contribution in [1.82, 2.24) is 4.90 Å². The minimum atomic E-state index is 0.390. The molecule has 1 N–H and O–H groups in total. The molecule has 2 heteroatoms. The predicted molar refractivity (Wildman–Crippen MR) is 49.0 cm³/mol. The average molecular weight is 169 g/mol. The van der Waals surface area contributed by atoms with Gasteiger partial charge in [-0.3, -0.25) is 0 Å². The largest absolute Gasteiger partial charge is 0.396 e. The van der Waals surface area contributed by atoms with Gasteiger partial charge in [0.25, 0.3) is 0 Å². The molecule has 70 valence electrons. The molecule has 1 heterocycles. The molecular weight excluding hydrogens is 150 g/mol. The van der Waals surface area contributed by atoms with Gasteiger partial charge in [-0.25, -0.2) is 0 Å². The van der Waals surface area contributed by atoms with E-state index >= 15 is 0 Å². The molecule has 2 rings (SSSR count). The molecule has 0 aromatic carbocycles. The van der Waals surface area contributed by atoms with Crippen LogP contribution in [0.4, 0.5) is 0 Å². The molecule has 0 aromatic rings. The van der Waals surface area contributed by atoms with Crippen LogP contribution in [-0.4, -0.2) is 36.2 Å². The summed E-state index contributed by atoms with van der Waals surface area (Å²) in [5, 5.41) is 9.03. The summed E-state index contributed by atoms with van der Waals surface area (Å²) < 4.78 is 0. The molecule has 0 radical (unpaired) electrons. The van der Waals surface area contributed by atoms with Gasteiger partial charge in [0.15, 0.2) is 0 Å². The molecule has 1 aliphatic carbocycles. The Balaban J connectivity index is 1.73. The van der Waals surface area contributed by atoms with E-state index in [9.17, 15) is 0 Å². The molecule has 0 amide bonds. The number of likely N-dealkylation sites (tertiary alicyclic amines) is 1. The number of hydrogen-bond acceptors (Lipinski definition) is 2. The third kappa shape index (κ3) is 2.20. The summed E-state index contributed by atoms with van der Waals surface area (Å²) in [5.74, 6) is 1.57. The first-order chi connectivity index (χ1) is 5.88. The molecule has 2 nitrogen and oxygen atoms in total. The lowest BCUT2D eigenvalue weighted by Crippen LogP contribution is -2.37. The van der Waals surface area contributed by atoms with Crippen LogP contribution in [0.2, 0.25) is 0 Å². The third-order valence-corrected chi connectivity index (χ3v) is 3.07. The van der Waals surface area contributed by atoms with Gasteiger partial charge in [-0.05, 0) is 44.1 Å². The van der Waals surface area contributed by atoms with Crippen LogP contribution in [0.15, 0.2) is 0 Å². The predicted octanol–water partition coefficient (Wildman–Crippen LogP) is 1.10. The van der Waals surface area contributed by atoms with Crippen LogP contribution in [0.3, 0.4) is 0 Å². The molecule has 0 aromatic heterocycles. The van der Waals surface area contributed by atoms with E-state index in [0.29, 0.717) is 12.5 Å². The summed E-state index contributed by atoms with van der Waals surface area (Å²) in [6, 6.07) is 0. The second-order valence-corrected chi connectivity index (χ2v) is 4.39. The van der Waals surface area contributed by atoms with Gasteiger partial charge in [0.05, 0.1) is 0 Å². The molecule has 1 atom stereocenters. The average Bonchev–Trinajstić information content (AvgIpc) is 2.89. The highest BCUT2D eigenvalue weighted by molar-refractivity contribution is 4.80. The number of rotatable bonds is 3. The van der Waals surface area contributed by atoms with Crippen molar-refractivity contribution in [2.75, 3.05) is 26.2 Å². The zero-order valence-electron chi connectivity index (χ0n) is 7.71. The van der Waals surface area contributed by atoms with E-state index < -0.39 is 0 Å². The van der Waals surface area contributed by atoms with Crippen molar-refractivity contribution in [2.24, 2.45) is 11.8 Å². The molecule has 1 aliphatic heterocycles. The topological polar surface area (TPSA) is 23.5 Å². The van der Waals surface area contributed by atoms with E-state index in [1.54, 1.807) is 0 Å². The second kappa shape index (κ2) is 3.75. The normalized spacial score (nSPS) is 32.2. The second-order valence-electron chi connectivity index (χ2n) is 4.39. The van der Waals surface area contributed by atoms with Crippen molar-refractivity contribution in [3.8, 4) is 0 Å². The van der Waals surface area contributed by atoms with Gasteiger partial charge in [0.2, 0.25) is 0 Å². The Morgan fingerprint density at radius 1 is 1.17 bits per heavy atom. The number of aliphatic hydroxyl groups is 1. The first-order valence-electron chi connectivity index (χ1n) is 5.21. The summed E-state index contributed by atoms with van der Waals surface area (Å²) in [5.41, 5.74) is 0. The smallest absolute Gasteiger partial charge is 0.0471 e. The standard InChI is InChI=1S/C10H19NO/c12-8-10-2-1-5-11(7-10)6-9-3-4-9/h9-10,12H,1-8H2/t10-/m1/s1. The molecule has 2 fully saturated rings. The van der Waals surface area contributed by atoms with Crippen molar-refractivity contribution in [2.45, 2.75) is 25.7 Å². The fourth-order valence-corrected chi connectivity index (χ4v) is 2.13. The summed E-state index contributed by atoms with van der Waals surface area (Å²) >= 11 is 0. The summed E-state index contributed by atoms with van der Waals surface area (Å²) in [6.45, 7) is 4.11. The number of piperidine rings is 1. The van der Waals surface area contributed by atoms with Crippen LogP contribution < -0.4 is 0 Å². The fourth-order valence-electron chi connectivity index (χ4n) is 2.13. The Bertz CT molecular complexity index is 145. The van der Waals surface area contributed by atoms with Gasteiger partial charge < -0.3 is 10.0 Å². The minimum absolute atomic E-state index is 0.390. The summed E-state index contributed by atoms with van der Waals surface area (Å²) in [4.78, 5) is 2.54. The molecule has 0 spiro atoms. The van der Waals surface area contributed by atoms with Crippen molar-refractivity contribution < 1.29 is 5.11 Å². The molecule has 1 saturated carbocycles. The third-order valence-electron chi connectivity index (χ3n) is 3.07. The summed E-state index contributed by atoms with van der Waals surface area (Å²) in [7, 11) is 0. The molecule has 1 saturated heterocycles. The van der Waals surface area contributed by atoms with Crippen LogP contribution in [0, 0.1) is 11.8 Å². The Hall–Kier alpha value is -0.0800. The van der Waals surface area contributed by atoms with E-state index in [1.165, 1.54) is 38.8 Å². The van der Waals surface area contributed by atoms with E-state index in [0.717, 1.165) is 12.5 Å². The first kappa shape index (κ1) is 8.52. The van der Waals surface area contributed by atoms with E-state index in [1.807, 2.05) is 0 Å². The Labute approximate surface area is 74.6 Å². The molecule has 0 bridgehead atoms. The van der Waals surface area contributed by atoms with Gasteiger partial charge in [-0.15, -0.1) is 0 Å². The van der Waals surface area contributed by atoms with Crippen LogP contribution in [0.1, 0.15) is 25.7 Å². The van der Waals surface area contributed by atoms with Gasteiger partial charge in [0.1, 0.15) is 0 Å². The Morgan fingerprint density at radius 2 is 2.00 bits per heavy atom. The Kier molecular flexibility index (Phi) is 2.66. The number of nitrogens with zero attached hydrogens (tertiary/aromatic N) is 1. The van der Waals surface area contributed by atoms with Gasteiger partial charge >= 0.3 is 0 Å². The Morgan fingerprint density at radius 3 is 2.67 bits per heavy atom. The highest BCUT2D eigenvalue weighted by Gasteiger charge is 2.27. The van der Waals surface area contributed by atoms with Crippen molar-refractivity contribution >= 4 is 0 Å². The maximum absolute atomic E-state index is 9.03. The zero-order valence-corrected chi connectivity index (χ0v) is 7.71. The first-order valence-corrected chi connectivity index (χ1v) is 5.21. The molecular formula is C10H19NO. The maximum Gasteiger partial charge on any atom is 0.0471 e. The SMILES string of the molecule is OC[C@@H]1CCCN(CC2CC2)C1. The van der Waals surface area contributed by atoms with E-state index in [2.05, 4.69) is 4.90 Å². The summed E-state index contributed by atoms with van der Waals surface area (Å²) in [6.07, 6.45) is 5.41.